The first-order valence-electron chi connectivity index (χ1n) is 6.62. The lowest BCUT2D eigenvalue weighted by Crippen LogP contribution is -2.26. The van der Waals surface area contributed by atoms with Crippen LogP contribution in [-0.2, 0) is 11.3 Å². The van der Waals surface area contributed by atoms with Crippen LogP contribution in [0.3, 0.4) is 0 Å². The van der Waals surface area contributed by atoms with E-state index in [2.05, 4.69) is 29.6 Å². The number of alkyl carbamates (subject to hydrolysis) is 1. The van der Waals surface area contributed by atoms with Gasteiger partial charge in [0.2, 0.25) is 0 Å². The number of amides is 1. The summed E-state index contributed by atoms with van der Waals surface area (Å²) >= 11 is 0. The van der Waals surface area contributed by atoms with Gasteiger partial charge in [-0.05, 0) is 24.3 Å². The van der Waals surface area contributed by atoms with E-state index in [0.29, 0.717) is 19.1 Å². The van der Waals surface area contributed by atoms with E-state index in [1.165, 1.54) is 0 Å². The van der Waals surface area contributed by atoms with Crippen LogP contribution < -0.4 is 5.32 Å². The zero-order chi connectivity index (χ0) is 13.3. The lowest BCUT2D eigenvalue weighted by atomic mass is 9.97. The first-order chi connectivity index (χ1) is 9.34. The number of hydrogen-bond donors (Lipinski definition) is 1. The molecule has 0 aliphatic heterocycles. The van der Waals surface area contributed by atoms with Crippen LogP contribution in [0.4, 0.5) is 4.79 Å². The van der Waals surface area contributed by atoms with Crippen molar-refractivity contribution < 1.29 is 9.53 Å². The number of rotatable bonds is 5. The Morgan fingerprint density at radius 3 is 2.84 bits per heavy atom. The van der Waals surface area contributed by atoms with Gasteiger partial charge < -0.3 is 10.1 Å². The van der Waals surface area contributed by atoms with Crippen LogP contribution in [0, 0.1) is 5.92 Å². The van der Waals surface area contributed by atoms with Gasteiger partial charge >= 0.3 is 6.09 Å². The number of hydrogen-bond acceptors (Lipinski definition) is 2. The Kier molecular flexibility index (Phi) is 5.23. The maximum Gasteiger partial charge on any atom is 0.407 e. The molecule has 0 aromatic heterocycles. The third-order valence-electron chi connectivity index (χ3n) is 3.07. The van der Waals surface area contributed by atoms with Gasteiger partial charge in [-0.3, -0.25) is 0 Å². The van der Waals surface area contributed by atoms with Crippen molar-refractivity contribution in [3.8, 4) is 0 Å². The highest BCUT2D eigenvalue weighted by Gasteiger charge is 2.07. The molecule has 1 aliphatic carbocycles. The average molecular weight is 257 g/mol. The number of allylic oxidation sites excluding steroid dienone is 4. The van der Waals surface area contributed by atoms with Gasteiger partial charge in [0.1, 0.15) is 6.61 Å². The maximum absolute atomic E-state index is 11.5. The second-order valence-corrected chi connectivity index (χ2v) is 4.59. The van der Waals surface area contributed by atoms with E-state index >= 15 is 0 Å². The molecule has 3 nitrogen and oxygen atoms in total. The Bertz CT molecular complexity index is 451. The molecule has 1 amide bonds. The minimum absolute atomic E-state index is 0.318. The first kappa shape index (κ1) is 13.4. The molecule has 1 aliphatic rings. The molecule has 1 unspecified atom stereocenters. The smallest absolute Gasteiger partial charge is 0.407 e. The molecule has 1 aromatic carbocycles. The summed E-state index contributed by atoms with van der Waals surface area (Å²) in [5.41, 5.74) is 0.998. The van der Waals surface area contributed by atoms with E-state index in [1.54, 1.807) is 0 Å². The molecule has 0 saturated carbocycles. The molecule has 0 fully saturated rings. The molecule has 2 rings (SSSR count). The maximum atomic E-state index is 11.5. The van der Waals surface area contributed by atoms with E-state index in [0.717, 1.165) is 18.4 Å². The normalized spacial score (nSPS) is 17.2. The predicted molar refractivity (Wildman–Crippen MR) is 75.6 cm³/mol. The van der Waals surface area contributed by atoms with Crippen LogP contribution in [0.2, 0.25) is 0 Å². The first-order valence-corrected chi connectivity index (χ1v) is 6.62. The van der Waals surface area contributed by atoms with Crippen molar-refractivity contribution >= 4 is 6.09 Å². The van der Waals surface area contributed by atoms with E-state index in [4.69, 9.17) is 4.74 Å². The highest BCUT2D eigenvalue weighted by Crippen LogP contribution is 2.14. The predicted octanol–water partition coefficient (Wildman–Crippen LogP) is 3.44. The second-order valence-electron chi connectivity index (χ2n) is 4.59. The Hall–Kier alpha value is -2.03. The molecule has 0 saturated heterocycles. The van der Waals surface area contributed by atoms with Crippen molar-refractivity contribution in [3.05, 3.63) is 60.2 Å². The Labute approximate surface area is 114 Å². The molecule has 0 heterocycles. The van der Waals surface area contributed by atoms with Crippen molar-refractivity contribution in [2.24, 2.45) is 5.92 Å². The summed E-state index contributed by atoms with van der Waals surface area (Å²) in [5, 5.41) is 2.78. The van der Waals surface area contributed by atoms with Gasteiger partial charge in [-0.1, -0.05) is 54.6 Å². The average Bonchev–Trinajstić information content (AvgIpc) is 2.47. The summed E-state index contributed by atoms with van der Waals surface area (Å²) in [6, 6.07) is 9.67. The van der Waals surface area contributed by atoms with Crippen molar-refractivity contribution in [1.82, 2.24) is 5.32 Å². The van der Waals surface area contributed by atoms with E-state index in [9.17, 15) is 4.79 Å². The van der Waals surface area contributed by atoms with Crippen molar-refractivity contribution in [2.45, 2.75) is 19.4 Å². The van der Waals surface area contributed by atoms with Crippen LogP contribution in [0.25, 0.3) is 0 Å². The van der Waals surface area contributed by atoms with Gasteiger partial charge in [0, 0.05) is 6.54 Å². The minimum atomic E-state index is -0.348. The molecule has 1 atom stereocenters. The third-order valence-corrected chi connectivity index (χ3v) is 3.07. The van der Waals surface area contributed by atoms with Gasteiger partial charge in [-0.15, -0.1) is 0 Å². The highest BCUT2D eigenvalue weighted by atomic mass is 16.5. The van der Waals surface area contributed by atoms with Gasteiger partial charge in [-0.2, -0.15) is 0 Å². The molecular weight excluding hydrogens is 238 g/mol. The summed E-state index contributed by atoms with van der Waals surface area (Å²) < 4.78 is 5.14. The number of benzene rings is 1. The summed E-state index contributed by atoms with van der Waals surface area (Å²) in [5.74, 6) is 0.527. The fraction of sp³-hybridized carbons (Fsp3) is 0.312. The van der Waals surface area contributed by atoms with Gasteiger partial charge in [0.25, 0.3) is 0 Å². The molecule has 0 spiro atoms. The SMILES string of the molecule is O=C(NCCC1C=CC=CC1)OCc1ccccc1. The topological polar surface area (TPSA) is 38.3 Å². The van der Waals surface area contributed by atoms with Crippen LogP contribution in [0.1, 0.15) is 18.4 Å². The Morgan fingerprint density at radius 2 is 2.11 bits per heavy atom. The van der Waals surface area contributed by atoms with E-state index in [1.807, 2.05) is 30.3 Å². The molecule has 0 bridgehead atoms. The lowest BCUT2D eigenvalue weighted by molar-refractivity contribution is 0.139. The summed E-state index contributed by atoms with van der Waals surface area (Å²) in [6.45, 7) is 0.967. The van der Waals surface area contributed by atoms with Crippen molar-refractivity contribution in [3.63, 3.8) is 0 Å². The van der Waals surface area contributed by atoms with Crippen LogP contribution in [-0.4, -0.2) is 12.6 Å². The lowest BCUT2D eigenvalue weighted by Gasteiger charge is -2.13. The van der Waals surface area contributed by atoms with Gasteiger partial charge in [0.15, 0.2) is 0 Å². The number of ether oxygens (including phenoxy) is 1. The van der Waals surface area contributed by atoms with Crippen LogP contribution in [0.15, 0.2) is 54.6 Å². The number of nitrogens with one attached hydrogen (secondary N) is 1. The summed E-state index contributed by atoms with van der Waals surface area (Å²) in [6.07, 6.45) is 10.1. The molecule has 1 N–H and O–H groups in total. The minimum Gasteiger partial charge on any atom is -0.445 e. The zero-order valence-electron chi connectivity index (χ0n) is 10.9. The Balaban J connectivity index is 1.60. The standard InChI is InChI=1S/C16H19NO2/c18-16(19-13-15-9-5-2-6-10-15)17-12-11-14-7-3-1-4-8-14/h1-7,9-10,14H,8,11-13H2,(H,17,18). The fourth-order valence-corrected chi connectivity index (χ4v) is 1.98. The van der Waals surface area contributed by atoms with Crippen molar-refractivity contribution in [2.75, 3.05) is 6.54 Å². The van der Waals surface area contributed by atoms with Crippen molar-refractivity contribution in [1.29, 1.82) is 0 Å². The molecule has 19 heavy (non-hydrogen) atoms. The number of carbonyl (C=O) groups is 1. The molecule has 0 radical (unpaired) electrons. The fourth-order valence-electron chi connectivity index (χ4n) is 1.98. The van der Waals surface area contributed by atoms with Gasteiger partial charge in [0.05, 0.1) is 0 Å². The molecule has 1 aromatic rings. The molecular formula is C16H19NO2. The molecule has 100 valence electrons. The highest BCUT2D eigenvalue weighted by molar-refractivity contribution is 5.67. The third kappa shape index (κ3) is 5.00. The Morgan fingerprint density at radius 1 is 1.26 bits per heavy atom. The van der Waals surface area contributed by atoms with E-state index in [-0.39, 0.29) is 6.09 Å². The zero-order valence-corrected chi connectivity index (χ0v) is 10.9. The van der Waals surface area contributed by atoms with Crippen LogP contribution in [0.5, 0.6) is 0 Å². The summed E-state index contributed by atoms with van der Waals surface area (Å²) in [4.78, 5) is 11.5. The van der Waals surface area contributed by atoms with E-state index < -0.39 is 0 Å². The van der Waals surface area contributed by atoms with Crippen LogP contribution >= 0.6 is 0 Å². The monoisotopic (exact) mass is 257 g/mol. The van der Waals surface area contributed by atoms with Gasteiger partial charge in [-0.25, -0.2) is 4.79 Å². The summed E-state index contributed by atoms with van der Waals surface area (Å²) in [7, 11) is 0. The molecule has 3 heteroatoms. The quantitative estimate of drug-likeness (QED) is 0.877. The number of carbonyl (C=O) groups excluding carboxylic acids is 1. The second kappa shape index (κ2) is 7.41. The largest absolute Gasteiger partial charge is 0.445 e.